The van der Waals surface area contributed by atoms with Gasteiger partial charge in [-0.2, -0.15) is 0 Å². The van der Waals surface area contributed by atoms with Crippen molar-refractivity contribution in [2.75, 3.05) is 26.7 Å². The molecule has 0 radical (unpaired) electrons. The Hall–Kier alpha value is -3.37. The van der Waals surface area contributed by atoms with Crippen LogP contribution >= 0.6 is 0 Å². The van der Waals surface area contributed by atoms with E-state index in [1.807, 2.05) is 48.5 Å². The van der Waals surface area contributed by atoms with Gasteiger partial charge in [-0.05, 0) is 104 Å². The Kier molecular flexibility index (Phi) is 7.29. The monoisotopic (exact) mass is 469 g/mol. The van der Waals surface area contributed by atoms with E-state index in [1.165, 1.54) is 44.0 Å². The average molecular weight is 470 g/mol. The van der Waals surface area contributed by atoms with Crippen LogP contribution in [-0.2, 0) is 6.42 Å². The SMILES string of the molecule is COc1ccc2c(Oc3ccccc3)c(-c3cccc(F)c3)c(CCCN3CCCCC3)cc2c1. The first-order valence-corrected chi connectivity index (χ1v) is 12.6. The number of methoxy groups -OCH3 is 1. The lowest BCUT2D eigenvalue weighted by molar-refractivity contribution is 0.226. The van der Waals surface area contributed by atoms with E-state index in [2.05, 4.69) is 17.0 Å². The normalized spacial score (nSPS) is 14.2. The molecule has 35 heavy (non-hydrogen) atoms. The van der Waals surface area contributed by atoms with Crippen LogP contribution in [0.15, 0.2) is 78.9 Å². The Labute approximate surface area is 207 Å². The highest BCUT2D eigenvalue weighted by atomic mass is 19.1. The summed E-state index contributed by atoms with van der Waals surface area (Å²) in [6, 6.07) is 24.9. The van der Waals surface area contributed by atoms with Crippen molar-refractivity contribution >= 4 is 10.8 Å². The number of rotatable bonds is 8. The largest absolute Gasteiger partial charge is 0.497 e. The molecule has 0 aliphatic carbocycles. The third-order valence-electron chi connectivity index (χ3n) is 6.83. The molecule has 4 aromatic rings. The molecule has 1 saturated heterocycles. The fourth-order valence-corrected chi connectivity index (χ4v) is 5.08. The van der Waals surface area contributed by atoms with Crippen molar-refractivity contribution in [3.8, 4) is 28.4 Å². The summed E-state index contributed by atoms with van der Waals surface area (Å²) in [5.74, 6) is 2.07. The minimum atomic E-state index is -0.248. The molecule has 1 heterocycles. The van der Waals surface area contributed by atoms with Gasteiger partial charge in [-0.1, -0.05) is 42.8 Å². The summed E-state index contributed by atoms with van der Waals surface area (Å²) >= 11 is 0. The van der Waals surface area contributed by atoms with Crippen LogP contribution in [0.25, 0.3) is 21.9 Å². The molecule has 1 fully saturated rings. The molecule has 0 atom stereocenters. The first-order chi connectivity index (χ1) is 17.2. The van der Waals surface area contributed by atoms with E-state index in [-0.39, 0.29) is 5.82 Å². The summed E-state index contributed by atoms with van der Waals surface area (Å²) in [5, 5.41) is 2.04. The van der Waals surface area contributed by atoms with E-state index in [9.17, 15) is 4.39 Å². The van der Waals surface area contributed by atoms with Crippen LogP contribution in [0.4, 0.5) is 4.39 Å². The number of ether oxygens (including phenoxy) is 2. The number of para-hydroxylation sites is 1. The number of fused-ring (bicyclic) bond motifs is 1. The second kappa shape index (κ2) is 10.9. The lowest BCUT2D eigenvalue weighted by Gasteiger charge is -2.26. The lowest BCUT2D eigenvalue weighted by atomic mass is 9.91. The highest BCUT2D eigenvalue weighted by Gasteiger charge is 2.19. The molecule has 3 nitrogen and oxygen atoms in total. The van der Waals surface area contributed by atoms with E-state index in [1.54, 1.807) is 19.2 Å². The van der Waals surface area contributed by atoms with Gasteiger partial charge in [0, 0.05) is 10.9 Å². The van der Waals surface area contributed by atoms with Gasteiger partial charge in [-0.3, -0.25) is 0 Å². The maximum absolute atomic E-state index is 14.4. The number of nitrogens with zero attached hydrogens (tertiary/aromatic N) is 1. The molecule has 1 aliphatic rings. The van der Waals surface area contributed by atoms with Crippen molar-refractivity contribution in [3.05, 3.63) is 90.2 Å². The van der Waals surface area contributed by atoms with E-state index >= 15 is 0 Å². The predicted octanol–water partition coefficient (Wildman–Crippen LogP) is 7.87. The molecular weight excluding hydrogens is 437 g/mol. The van der Waals surface area contributed by atoms with Crippen LogP contribution in [0.2, 0.25) is 0 Å². The number of halogens is 1. The Balaban J connectivity index is 1.62. The zero-order chi connectivity index (χ0) is 24.0. The Morgan fingerprint density at radius 3 is 2.43 bits per heavy atom. The van der Waals surface area contributed by atoms with Gasteiger partial charge >= 0.3 is 0 Å². The first kappa shape index (κ1) is 23.4. The lowest BCUT2D eigenvalue weighted by Crippen LogP contribution is -2.30. The smallest absolute Gasteiger partial charge is 0.143 e. The predicted molar refractivity (Wildman–Crippen MR) is 141 cm³/mol. The van der Waals surface area contributed by atoms with Crippen molar-refractivity contribution in [2.45, 2.75) is 32.1 Å². The average Bonchev–Trinajstić information content (AvgIpc) is 2.89. The molecule has 0 N–H and O–H groups in total. The number of likely N-dealkylation sites (tertiary alicyclic amines) is 1. The van der Waals surface area contributed by atoms with Gasteiger partial charge in [0.25, 0.3) is 0 Å². The second-order valence-electron chi connectivity index (χ2n) is 9.26. The van der Waals surface area contributed by atoms with Crippen molar-refractivity contribution in [3.63, 3.8) is 0 Å². The van der Waals surface area contributed by atoms with Crippen LogP contribution in [-0.4, -0.2) is 31.6 Å². The molecule has 4 heteroatoms. The van der Waals surface area contributed by atoms with Gasteiger partial charge in [-0.25, -0.2) is 4.39 Å². The van der Waals surface area contributed by atoms with Crippen LogP contribution in [0.5, 0.6) is 17.2 Å². The Morgan fingerprint density at radius 1 is 0.829 bits per heavy atom. The standard InChI is InChI=1S/C31H32FNO2/c1-34-28-15-16-29-25(22-28)20-23(11-9-19-33-17-6-3-7-18-33)30(24-10-8-12-26(32)21-24)31(29)35-27-13-4-2-5-14-27/h2,4-5,8,10,12-16,20-22H,3,6-7,9,11,17-19H2,1H3. The Morgan fingerprint density at radius 2 is 1.66 bits per heavy atom. The highest BCUT2D eigenvalue weighted by molar-refractivity contribution is 5.98. The van der Waals surface area contributed by atoms with Gasteiger partial charge < -0.3 is 14.4 Å². The molecule has 5 rings (SSSR count). The molecule has 0 unspecified atom stereocenters. The second-order valence-corrected chi connectivity index (χ2v) is 9.26. The summed E-state index contributed by atoms with van der Waals surface area (Å²) in [7, 11) is 1.68. The van der Waals surface area contributed by atoms with Gasteiger partial charge in [-0.15, -0.1) is 0 Å². The molecular formula is C31H32FNO2. The van der Waals surface area contributed by atoms with E-state index in [4.69, 9.17) is 9.47 Å². The summed E-state index contributed by atoms with van der Waals surface area (Å²) in [6.45, 7) is 3.45. The topological polar surface area (TPSA) is 21.7 Å². The number of aryl methyl sites for hydroxylation is 1. The zero-order valence-corrected chi connectivity index (χ0v) is 20.3. The van der Waals surface area contributed by atoms with Gasteiger partial charge in [0.15, 0.2) is 0 Å². The van der Waals surface area contributed by atoms with E-state index in [0.29, 0.717) is 0 Å². The van der Waals surface area contributed by atoms with Gasteiger partial charge in [0.05, 0.1) is 7.11 Å². The molecule has 4 aromatic carbocycles. The molecule has 0 bridgehead atoms. The Bertz CT molecular complexity index is 1280. The minimum Gasteiger partial charge on any atom is -0.497 e. The van der Waals surface area contributed by atoms with Crippen molar-refractivity contribution in [2.24, 2.45) is 0 Å². The summed E-state index contributed by atoms with van der Waals surface area (Å²) < 4.78 is 26.5. The van der Waals surface area contributed by atoms with Gasteiger partial charge in [0.1, 0.15) is 23.1 Å². The van der Waals surface area contributed by atoms with E-state index < -0.39 is 0 Å². The van der Waals surface area contributed by atoms with Crippen LogP contribution in [0.1, 0.15) is 31.2 Å². The third kappa shape index (κ3) is 5.49. The van der Waals surface area contributed by atoms with Crippen molar-refractivity contribution in [1.29, 1.82) is 0 Å². The fourth-order valence-electron chi connectivity index (χ4n) is 5.08. The minimum absolute atomic E-state index is 0.248. The fraction of sp³-hybridized carbons (Fsp3) is 0.290. The molecule has 0 saturated carbocycles. The number of piperidine rings is 1. The van der Waals surface area contributed by atoms with Crippen LogP contribution < -0.4 is 9.47 Å². The zero-order valence-electron chi connectivity index (χ0n) is 20.3. The first-order valence-electron chi connectivity index (χ1n) is 12.6. The summed E-state index contributed by atoms with van der Waals surface area (Å²) in [5.41, 5.74) is 2.96. The number of benzene rings is 4. The molecule has 0 amide bonds. The summed E-state index contributed by atoms with van der Waals surface area (Å²) in [6.07, 6.45) is 5.86. The number of hydrogen-bond donors (Lipinski definition) is 0. The maximum Gasteiger partial charge on any atom is 0.143 e. The van der Waals surface area contributed by atoms with Crippen molar-refractivity contribution < 1.29 is 13.9 Å². The third-order valence-corrected chi connectivity index (χ3v) is 6.83. The van der Waals surface area contributed by atoms with Gasteiger partial charge in [0.2, 0.25) is 0 Å². The summed E-state index contributed by atoms with van der Waals surface area (Å²) in [4.78, 5) is 2.57. The highest BCUT2D eigenvalue weighted by Crippen LogP contribution is 2.43. The van der Waals surface area contributed by atoms with Crippen LogP contribution in [0, 0.1) is 5.82 Å². The van der Waals surface area contributed by atoms with E-state index in [0.717, 1.165) is 58.5 Å². The molecule has 1 aliphatic heterocycles. The number of hydrogen-bond acceptors (Lipinski definition) is 3. The molecule has 0 spiro atoms. The van der Waals surface area contributed by atoms with Crippen molar-refractivity contribution in [1.82, 2.24) is 4.90 Å². The molecule has 180 valence electrons. The quantitative estimate of drug-likeness (QED) is 0.262. The molecule has 0 aromatic heterocycles. The van der Waals surface area contributed by atoms with Crippen LogP contribution in [0.3, 0.4) is 0 Å². The maximum atomic E-state index is 14.4.